The van der Waals surface area contributed by atoms with E-state index in [9.17, 15) is 13.2 Å². The number of aromatic nitrogens is 1. The fourth-order valence-corrected chi connectivity index (χ4v) is 3.86. The predicted octanol–water partition coefficient (Wildman–Crippen LogP) is 1.50. The van der Waals surface area contributed by atoms with Crippen LogP contribution in [-0.2, 0) is 9.84 Å². The van der Waals surface area contributed by atoms with Crippen LogP contribution < -0.4 is 0 Å². The van der Waals surface area contributed by atoms with Gasteiger partial charge in [0, 0.05) is 6.20 Å². The zero-order valence-electron chi connectivity index (χ0n) is 9.17. The Labute approximate surface area is 99.4 Å². The molecule has 6 heteroatoms. The Morgan fingerprint density at radius 3 is 2.41 bits per heavy atom. The molecule has 0 aliphatic heterocycles. The monoisotopic (exact) mass is 255 g/mol. The van der Waals surface area contributed by atoms with Crippen molar-refractivity contribution in [3.05, 3.63) is 24.0 Å². The van der Waals surface area contributed by atoms with Gasteiger partial charge in [-0.15, -0.1) is 0 Å². The van der Waals surface area contributed by atoms with Crippen LogP contribution in [0.5, 0.6) is 0 Å². The lowest BCUT2D eigenvalue weighted by molar-refractivity contribution is 0.0690. The summed E-state index contributed by atoms with van der Waals surface area (Å²) < 4.78 is 24.3. The number of aromatic carboxylic acids is 1. The average molecular weight is 255 g/mol. The Hall–Kier alpha value is -1.43. The molecule has 0 amide bonds. The molecule has 0 aromatic carbocycles. The minimum Gasteiger partial charge on any atom is -0.477 e. The maximum atomic E-state index is 12.1. The smallest absolute Gasteiger partial charge is 0.354 e. The summed E-state index contributed by atoms with van der Waals surface area (Å²) in [7, 11) is -3.34. The second-order valence-corrected chi connectivity index (χ2v) is 6.36. The Morgan fingerprint density at radius 1 is 1.29 bits per heavy atom. The molecular formula is C11H13NO4S. The van der Waals surface area contributed by atoms with Crippen molar-refractivity contribution >= 4 is 15.8 Å². The van der Waals surface area contributed by atoms with Gasteiger partial charge in [-0.3, -0.25) is 0 Å². The van der Waals surface area contributed by atoms with Crippen LogP contribution in [0.25, 0.3) is 0 Å². The van der Waals surface area contributed by atoms with Crippen molar-refractivity contribution < 1.29 is 18.3 Å². The molecule has 1 aliphatic carbocycles. The SMILES string of the molecule is O=C(O)c1ccc(S(=O)(=O)C2CCCC2)cn1. The summed E-state index contributed by atoms with van der Waals surface area (Å²) in [4.78, 5) is 14.4. The predicted molar refractivity (Wildman–Crippen MR) is 60.6 cm³/mol. The van der Waals surface area contributed by atoms with Crippen LogP contribution in [0.4, 0.5) is 0 Å². The third-order valence-electron chi connectivity index (χ3n) is 3.03. The van der Waals surface area contributed by atoms with Gasteiger partial charge in [-0.2, -0.15) is 0 Å². The molecule has 0 unspecified atom stereocenters. The van der Waals surface area contributed by atoms with Crippen LogP contribution >= 0.6 is 0 Å². The van der Waals surface area contributed by atoms with Crippen LogP contribution in [0, 0.1) is 0 Å². The van der Waals surface area contributed by atoms with Gasteiger partial charge in [-0.25, -0.2) is 18.2 Å². The number of sulfone groups is 1. The lowest BCUT2D eigenvalue weighted by Crippen LogP contribution is -2.18. The first-order chi connectivity index (χ1) is 8.01. The molecule has 1 saturated carbocycles. The van der Waals surface area contributed by atoms with Crippen molar-refractivity contribution in [2.45, 2.75) is 35.8 Å². The van der Waals surface area contributed by atoms with E-state index >= 15 is 0 Å². The van der Waals surface area contributed by atoms with E-state index in [1.807, 2.05) is 0 Å². The number of carboxylic acids is 1. The number of hydrogen-bond acceptors (Lipinski definition) is 4. The summed E-state index contributed by atoms with van der Waals surface area (Å²) in [5, 5.41) is 8.34. The van der Waals surface area contributed by atoms with Crippen molar-refractivity contribution in [3.8, 4) is 0 Å². The number of nitrogens with zero attached hydrogens (tertiary/aromatic N) is 1. The van der Waals surface area contributed by atoms with Gasteiger partial charge < -0.3 is 5.11 Å². The van der Waals surface area contributed by atoms with E-state index in [4.69, 9.17) is 5.11 Å². The Morgan fingerprint density at radius 2 is 1.94 bits per heavy atom. The van der Waals surface area contributed by atoms with Crippen molar-refractivity contribution in [1.29, 1.82) is 0 Å². The highest BCUT2D eigenvalue weighted by Crippen LogP contribution is 2.29. The largest absolute Gasteiger partial charge is 0.477 e. The lowest BCUT2D eigenvalue weighted by Gasteiger charge is -2.10. The minimum absolute atomic E-state index is 0.120. The molecule has 5 nitrogen and oxygen atoms in total. The second-order valence-electron chi connectivity index (χ2n) is 4.14. The van der Waals surface area contributed by atoms with E-state index in [0.717, 1.165) is 19.0 Å². The molecule has 1 N–H and O–H groups in total. The van der Waals surface area contributed by atoms with Gasteiger partial charge in [-0.05, 0) is 25.0 Å². The maximum absolute atomic E-state index is 12.1. The summed E-state index contributed by atoms with van der Waals surface area (Å²) in [6.07, 6.45) is 4.37. The molecule has 0 radical (unpaired) electrons. The second kappa shape index (κ2) is 4.44. The minimum atomic E-state index is -3.34. The van der Waals surface area contributed by atoms with Crippen molar-refractivity contribution in [1.82, 2.24) is 4.98 Å². The molecule has 1 fully saturated rings. The third kappa shape index (κ3) is 2.31. The Balaban J connectivity index is 2.30. The molecular weight excluding hydrogens is 242 g/mol. The number of hydrogen-bond donors (Lipinski definition) is 1. The molecule has 0 spiro atoms. The Bertz CT molecular complexity index is 515. The van der Waals surface area contributed by atoms with E-state index in [2.05, 4.69) is 4.98 Å². The summed E-state index contributed by atoms with van der Waals surface area (Å²) in [6.45, 7) is 0. The van der Waals surface area contributed by atoms with Crippen LogP contribution in [0.15, 0.2) is 23.2 Å². The van der Waals surface area contributed by atoms with E-state index in [1.165, 1.54) is 12.1 Å². The van der Waals surface area contributed by atoms with Crippen LogP contribution in [0.2, 0.25) is 0 Å². The molecule has 0 bridgehead atoms. The molecule has 1 aromatic heterocycles. The average Bonchev–Trinajstić information content (AvgIpc) is 2.83. The van der Waals surface area contributed by atoms with Gasteiger partial charge >= 0.3 is 5.97 Å². The normalized spacial score (nSPS) is 17.2. The van der Waals surface area contributed by atoms with Gasteiger partial charge in [0.2, 0.25) is 0 Å². The number of rotatable bonds is 3. The highest BCUT2D eigenvalue weighted by atomic mass is 32.2. The first kappa shape index (κ1) is 12.0. The summed E-state index contributed by atoms with van der Waals surface area (Å²) in [5.74, 6) is -1.16. The number of pyridine rings is 1. The van der Waals surface area contributed by atoms with Gasteiger partial charge in [0.15, 0.2) is 9.84 Å². The first-order valence-corrected chi connectivity index (χ1v) is 6.99. The lowest BCUT2D eigenvalue weighted by atomic mass is 10.3. The molecule has 1 aromatic rings. The van der Waals surface area contributed by atoms with Gasteiger partial charge in [0.05, 0.1) is 10.1 Å². The van der Waals surface area contributed by atoms with Crippen LogP contribution in [0.1, 0.15) is 36.2 Å². The van der Waals surface area contributed by atoms with E-state index in [1.54, 1.807) is 0 Å². The van der Waals surface area contributed by atoms with Gasteiger partial charge in [0.25, 0.3) is 0 Å². The van der Waals surface area contributed by atoms with Crippen LogP contribution in [0.3, 0.4) is 0 Å². The molecule has 92 valence electrons. The van der Waals surface area contributed by atoms with Crippen molar-refractivity contribution in [2.24, 2.45) is 0 Å². The van der Waals surface area contributed by atoms with Gasteiger partial charge in [-0.1, -0.05) is 12.8 Å². The maximum Gasteiger partial charge on any atom is 0.354 e. The third-order valence-corrected chi connectivity index (χ3v) is 5.27. The van der Waals surface area contributed by atoms with Crippen molar-refractivity contribution in [2.75, 3.05) is 0 Å². The fourth-order valence-electron chi connectivity index (χ4n) is 2.07. The Kier molecular flexibility index (Phi) is 3.15. The summed E-state index contributed by atoms with van der Waals surface area (Å²) in [6, 6.07) is 2.55. The van der Waals surface area contributed by atoms with Gasteiger partial charge in [0.1, 0.15) is 5.69 Å². The van der Waals surface area contributed by atoms with Crippen molar-refractivity contribution in [3.63, 3.8) is 0 Å². The molecule has 0 saturated heterocycles. The van der Waals surface area contributed by atoms with E-state index < -0.39 is 15.8 Å². The zero-order chi connectivity index (χ0) is 12.5. The molecule has 1 heterocycles. The molecule has 2 rings (SSSR count). The standard InChI is InChI=1S/C11H13NO4S/c13-11(14)10-6-5-9(7-12-10)17(15,16)8-3-1-2-4-8/h5-8H,1-4H2,(H,13,14). The molecule has 0 atom stereocenters. The van der Waals surface area contributed by atoms with E-state index in [-0.39, 0.29) is 15.8 Å². The highest BCUT2D eigenvalue weighted by Gasteiger charge is 2.30. The summed E-state index contributed by atoms with van der Waals surface area (Å²) in [5.41, 5.74) is -0.143. The summed E-state index contributed by atoms with van der Waals surface area (Å²) >= 11 is 0. The van der Waals surface area contributed by atoms with Crippen LogP contribution in [-0.4, -0.2) is 29.7 Å². The molecule has 1 aliphatic rings. The zero-order valence-corrected chi connectivity index (χ0v) is 9.98. The fraction of sp³-hybridized carbons (Fsp3) is 0.455. The topological polar surface area (TPSA) is 84.3 Å². The first-order valence-electron chi connectivity index (χ1n) is 5.45. The van der Waals surface area contributed by atoms with E-state index in [0.29, 0.717) is 12.8 Å². The number of carboxylic acid groups (broad SMARTS) is 1. The number of carbonyl (C=O) groups is 1. The highest BCUT2D eigenvalue weighted by molar-refractivity contribution is 7.92. The quantitative estimate of drug-likeness (QED) is 0.884. The molecule has 17 heavy (non-hydrogen) atoms.